The quantitative estimate of drug-likeness (QED) is 0.828. The zero-order valence-electron chi connectivity index (χ0n) is 15.0. The molecular weight excluding hydrogens is 377 g/mol. The number of carbonyl (C=O) groups excluding carboxylic acids is 1. The molecule has 0 aliphatic heterocycles. The van der Waals surface area contributed by atoms with Crippen LogP contribution in [0.2, 0.25) is 0 Å². The molecule has 1 aliphatic rings. The highest BCUT2D eigenvalue weighted by atomic mass is 19.4. The second-order valence-electron chi connectivity index (χ2n) is 7.07. The lowest BCUT2D eigenvalue weighted by Gasteiger charge is -2.39. The van der Waals surface area contributed by atoms with Gasteiger partial charge in [-0.2, -0.15) is 13.2 Å². The molecule has 3 rings (SSSR count). The van der Waals surface area contributed by atoms with Crippen LogP contribution in [0.5, 0.6) is 0 Å². The Hall–Kier alpha value is -2.91. The van der Waals surface area contributed by atoms with E-state index in [4.69, 9.17) is 0 Å². The minimum atomic E-state index is -4.59. The van der Waals surface area contributed by atoms with Crippen LogP contribution in [0, 0.1) is 5.92 Å². The van der Waals surface area contributed by atoms with E-state index in [1.165, 1.54) is 18.2 Å². The molecule has 0 bridgehead atoms. The molecule has 1 heterocycles. The van der Waals surface area contributed by atoms with E-state index in [1.54, 1.807) is 6.92 Å². The topological polar surface area (TPSA) is 97.1 Å². The molecule has 1 fully saturated rings. The zero-order valence-corrected chi connectivity index (χ0v) is 15.0. The van der Waals surface area contributed by atoms with Gasteiger partial charge in [-0.25, -0.2) is 4.68 Å². The number of aromatic nitrogens is 3. The van der Waals surface area contributed by atoms with Crippen molar-refractivity contribution >= 4 is 11.9 Å². The Kier molecular flexibility index (Phi) is 5.14. The Balaban J connectivity index is 1.85. The summed E-state index contributed by atoms with van der Waals surface area (Å²) in [5, 5.41) is 19.4. The van der Waals surface area contributed by atoms with Gasteiger partial charge < -0.3 is 10.4 Å². The number of alkyl halides is 3. The van der Waals surface area contributed by atoms with Gasteiger partial charge in [-0.3, -0.25) is 9.59 Å². The second kappa shape index (κ2) is 7.25. The Morgan fingerprint density at radius 1 is 1.29 bits per heavy atom. The number of nitrogens with one attached hydrogen (secondary N) is 1. The van der Waals surface area contributed by atoms with Crippen LogP contribution in [0.25, 0.3) is 5.69 Å². The number of hydrogen-bond donors (Lipinski definition) is 2. The van der Waals surface area contributed by atoms with Crippen LogP contribution >= 0.6 is 0 Å². The highest BCUT2D eigenvalue weighted by Crippen LogP contribution is 2.35. The van der Waals surface area contributed by atoms with Crippen molar-refractivity contribution in [3.8, 4) is 5.69 Å². The fraction of sp³-hybridized carbons (Fsp3) is 0.444. The Labute approximate surface area is 158 Å². The van der Waals surface area contributed by atoms with Crippen molar-refractivity contribution in [2.24, 2.45) is 5.92 Å². The van der Waals surface area contributed by atoms with E-state index >= 15 is 0 Å². The summed E-state index contributed by atoms with van der Waals surface area (Å²) in [4.78, 5) is 24.1. The summed E-state index contributed by atoms with van der Waals surface area (Å²) in [6.07, 6.45) is -1.03. The van der Waals surface area contributed by atoms with Crippen LogP contribution < -0.4 is 5.32 Å². The van der Waals surface area contributed by atoms with Crippen LogP contribution in [0.4, 0.5) is 13.2 Å². The average Bonchev–Trinajstić information content (AvgIpc) is 3.11. The molecule has 0 radical (unpaired) electrons. The van der Waals surface area contributed by atoms with Crippen molar-refractivity contribution in [3.05, 3.63) is 41.7 Å². The van der Waals surface area contributed by atoms with Crippen LogP contribution in [0.1, 0.15) is 48.7 Å². The predicted octanol–water partition coefficient (Wildman–Crippen LogP) is 3.05. The van der Waals surface area contributed by atoms with Crippen molar-refractivity contribution in [1.82, 2.24) is 20.3 Å². The molecule has 1 saturated carbocycles. The van der Waals surface area contributed by atoms with Gasteiger partial charge in [0.25, 0.3) is 5.91 Å². The predicted molar refractivity (Wildman–Crippen MR) is 91.8 cm³/mol. The van der Waals surface area contributed by atoms with Crippen molar-refractivity contribution in [2.75, 3.05) is 0 Å². The van der Waals surface area contributed by atoms with Crippen molar-refractivity contribution in [2.45, 2.75) is 44.3 Å². The van der Waals surface area contributed by atoms with Gasteiger partial charge in [0, 0.05) is 0 Å². The van der Waals surface area contributed by atoms with E-state index in [-0.39, 0.29) is 11.4 Å². The lowest BCUT2D eigenvalue weighted by molar-refractivity contribution is -0.145. The monoisotopic (exact) mass is 396 g/mol. The maximum absolute atomic E-state index is 13.2. The fourth-order valence-corrected chi connectivity index (χ4v) is 3.60. The van der Waals surface area contributed by atoms with Gasteiger partial charge in [0.1, 0.15) is 0 Å². The van der Waals surface area contributed by atoms with E-state index in [1.807, 2.05) is 0 Å². The summed E-state index contributed by atoms with van der Waals surface area (Å²) in [5.74, 6) is -2.41. The van der Waals surface area contributed by atoms with Gasteiger partial charge in [-0.05, 0) is 31.9 Å². The summed E-state index contributed by atoms with van der Waals surface area (Å²) in [7, 11) is 0. The third-order valence-electron chi connectivity index (χ3n) is 5.09. The number of para-hydroxylation sites is 1. The first-order chi connectivity index (χ1) is 13.1. The molecule has 2 aromatic rings. The van der Waals surface area contributed by atoms with E-state index in [0.29, 0.717) is 12.8 Å². The minimum absolute atomic E-state index is 0.187. The fourth-order valence-electron chi connectivity index (χ4n) is 3.60. The van der Waals surface area contributed by atoms with Gasteiger partial charge >= 0.3 is 12.1 Å². The van der Waals surface area contributed by atoms with Gasteiger partial charge in [0.15, 0.2) is 5.69 Å². The molecule has 28 heavy (non-hydrogen) atoms. The molecule has 1 aromatic heterocycles. The number of aliphatic carboxylic acids is 1. The first kappa shape index (κ1) is 19.8. The number of carboxylic acids is 1. The summed E-state index contributed by atoms with van der Waals surface area (Å²) in [6, 6.07) is 4.82. The third kappa shape index (κ3) is 3.85. The minimum Gasteiger partial charge on any atom is -0.481 e. The highest BCUT2D eigenvalue weighted by molar-refractivity contribution is 5.93. The molecule has 1 amide bonds. The highest BCUT2D eigenvalue weighted by Gasteiger charge is 2.42. The largest absolute Gasteiger partial charge is 0.481 e. The van der Waals surface area contributed by atoms with Gasteiger partial charge in [-0.1, -0.05) is 30.2 Å². The summed E-state index contributed by atoms with van der Waals surface area (Å²) < 4.78 is 40.4. The van der Waals surface area contributed by atoms with Crippen LogP contribution in [-0.2, 0) is 11.0 Å². The van der Waals surface area contributed by atoms with E-state index in [0.717, 1.165) is 29.8 Å². The SMILES string of the molecule is CC1(NC(=O)c2cn(-c3ccccc3C(F)(F)F)nn2)CCCCC1C(=O)O. The molecule has 150 valence electrons. The molecule has 2 unspecified atom stereocenters. The number of hydrogen-bond acceptors (Lipinski definition) is 4. The van der Waals surface area contributed by atoms with Crippen molar-refractivity contribution < 1.29 is 27.9 Å². The van der Waals surface area contributed by atoms with Crippen LogP contribution in [0.15, 0.2) is 30.5 Å². The lowest BCUT2D eigenvalue weighted by Crippen LogP contribution is -2.55. The molecule has 10 heteroatoms. The first-order valence-corrected chi connectivity index (χ1v) is 8.76. The summed E-state index contributed by atoms with van der Waals surface area (Å²) >= 11 is 0. The molecule has 1 aromatic carbocycles. The zero-order chi connectivity index (χ0) is 20.5. The number of benzene rings is 1. The number of halogens is 3. The van der Waals surface area contributed by atoms with Crippen molar-refractivity contribution in [1.29, 1.82) is 0 Å². The van der Waals surface area contributed by atoms with E-state index < -0.39 is 35.1 Å². The van der Waals surface area contributed by atoms with E-state index in [2.05, 4.69) is 15.6 Å². The second-order valence-corrected chi connectivity index (χ2v) is 7.07. The van der Waals surface area contributed by atoms with Crippen molar-refractivity contribution in [3.63, 3.8) is 0 Å². The number of nitrogens with zero attached hydrogens (tertiary/aromatic N) is 3. The van der Waals surface area contributed by atoms with Gasteiger partial charge in [-0.15, -0.1) is 5.10 Å². The van der Waals surface area contributed by atoms with Gasteiger partial charge in [0.05, 0.1) is 28.9 Å². The first-order valence-electron chi connectivity index (χ1n) is 8.76. The summed E-state index contributed by atoms with van der Waals surface area (Å²) in [6.45, 7) is 1.66. The van der Waals surface area contributed by atoms with Crippen LogP contribution in [0.3, 0.4) is 0 Å². The molecule has 2 N–H and O–H groups in total. The van der Waals surface area contributed by atoms with E-state index in [9.17, 15) is 27.9 Å². The molecule has 2 atom stereocenters. The van der Waals surface area contributed by atoms with Gasteiger partial charge in [0.2, 0.25) is 0 Å². The number of amides is 1. The summed E-state index contributed by atoms with van der Waals surface area (Å²) in [5.41, 5.74) is -2.31. The normalized spacial score (nSPS) is 22.6. The van der Waals surface area contributed by atoms with Crippen LogP contribution in [-0.4, -0.2) is 37.5 Å². The Morgan fingerprint density at radius 2 is 2.00 bits per heavy atom. The average molecular weight is 396 g/mol. The smallest absolute Gasteiger partial charge is 0.418 e. The number of carbonyl (C=O) groups is 2. The Bertz CT molecular complexity index is 896. The lowest BCUT2D eigenvalue weighted by atomic mass is 9.74. The molecule has 1 aliphatic carbocycles. The maximum Gasteiger partial charge on any atom is 0.418 e. The number of rotatable bonds is 4. The maximum atomic E-state index is 13.2. The molecule has 0 spiro atoms. The third-order valence-corrected chi connectivity index (χ3v) is 5.09. The number of carboxylic acid groups (broad SMARTS) is 1. The molecular formula is C18H19F3N4O3. The molecule has 0 saturated heterocycles. The molecule has 7 nitrogen and oxygen atoms in total. The standard InChI is InChI=1S/C18H19F3N4O3/c1-17(9-5-4-7-12(17)16(27)28)22-15(26)13-10-25(24-23-13)14-8-3-2-6-11(14)18(19,20)21/h2-3,6,8,10,12H,4-5,7,9H2,1H3,(H,22,26)(H,27,28). The Morgan fingerprint density at radius 3 is 2.68 bits per heavy atom.